The summed E-state index contributed by atoms with van der Waals surface area (Å²) in [6, 6.07) is 4.69. The summed E-state index contributed by atoms with van der Waals surface area (Å²) < 4.78 is 48.1. The smallest absolute Gasteiger partial charge is 0.438 e. The Morgan fingerprint density at radius 1 is 1.26 bits per heavy atom. The Labute approximate surface area is 105 Å². The van der Waals surface area contributed by atoms with E-state index >= 15 is 0 Å². The SMILES string of the molecule is O[C@@]1(C(F)(F)F)CC(c2ccc3c(c2)OCO3)=NN1. The van der Waals surface area contributed by atoms with Crippen LogP contribution in [0.5, 0.6) is 11.5 Å². The summed E-state index contributed by atoms with van der Waals surface area (Å²) >= 11 is 0. The fourth-order valence-corrected chi connectivity index (χ4v) is 1.89. The molecule has 0 aromatic heterocycles. The molecule has 2 heterocycles. The summed E-state index contributed by atoms with van der Waals surface area (Å²) in [4.78, 5) is 0. The van der Waals surface area contributed by atoms with Crippen molar-refractivity contribution in [3.8, 4) is 11.5 Å². The van der Waals surface area contributed by atoms with Crippen LogP contribution >= 0.6 is 0 Å². The van der Waals surface area contributed by atoms with Crippen molar-refractivity contribution in [2.45, 2.75) is 18.3 Å². The second kappa shape index (κ2) is 3.77. The molecule has 0 aliphatic carbocycles. The van der Waals surface area contributed by atoms with Crippen LogP contribution in [0.4, 0.5) is 13.2 Å². The number of hydrogen-bond acceptors (Lipinski definition) is 5. The minimum absolute atomic E-state index is 0.0794. The minimum atomic E-state index is -4.80. The van der Waals surface area contributed by atoms with Crippen LogP contribution < -0.4 is 14.9 Å². The molecular weight excluding hydrogens is 265 g/mol. The molecule has 5 nitrogen and oxygen atoms in total. The number of alkyl halides is 3. The van der Waals surface area contributed by atoms with E-state index in [2.05, 4.69) is 5.10 Å². The third-order valence-electron chi connectivity index (χ3n) is 2.97. The van der Waals surface area contributed by atoms with E-state index in [4.69, 9.17) is 9.47 Å². The predicted molar refractivity (Wildman–Crippen MR) is 57.9 cm³/mol. The summed E-state index contributed by atoms with van der Waals surface area (Å²) in [6.45, 7) is 0.0794. The summed E-state index contributed by atoms with van der Waals surface area (Å²) in [7, 11) is 0. The zero-order valence-corrected chi connectivity index (χ0v) is 9.49. The monoisotopic (exact) mass is 274 g/mol. The van der Waals surface area contributed by atoms with Crippen molar-refractivity contribution < 1.29 is 27.8 Å². The third-order valence-corrected chi connectivity index (χ3v) is 2.97. The fraction of sp³-hybridized carbons (Fsp3) is 0.364. The van der Waals surface area contributed by atoms with Gasteiger partial charge in [0.1, 0.15) is 0 Å². The van der Waals surface area contributed by atoms with Crippen molar-refractivity contribution in [1.29, 1.82) is 0 Å². The van der Waals surface area contributed by atoms with Crippen molar-refractivity contribution in [2.24, 2.45) is 5.10 Å². The van der Waals surface area contributed by atoms with Gasteiger partial charge in [-0.25, -0.2) is 0 Å². The number of nitrogens with one attached hydrogen (secondary N) is 1. The van der Waals surface area contributed by atoms with Crippen LogP contribution in [0.3, 0.4) is 0 Å². The fourth-order valence-electron chi connectivity index (χ4n) is 1.89. The first-order valence-electron chi connectivity index (χ1n) is 5.42. The lowest BCUT2D eigenvalue weighted by Gasteiger charge is -2.24. The van der Waals surface area contributed by atoms with Gasteiger partial charge in [-0.1, -0.05) is 0 Å². The van der Waals surface area contributed by atoms with E-state index in [9.17, 15) is 18.3 Å². The largest absolute Gasteiger partial charge is 0.454 e. The highest BCUT2D eigenvalue weighted by Gasteiger charge is 2.57. The zero-order valence-electron chi connectivity index (χ0n) is 9.49. The maximum Gasteiger partial charge on any atom is 0.438 e. The van der Waals surface area contributed by atoms with Gasteiger partial charge in [0.2, 0.25) is 6.79 Å². The molecule has 1 atom stereocenters. The molecule has 19 heavy (non-hydrogen) atoms. The number of hydrazone groups is 1. The van der Waals surface area contributed by atoms with Gasteiger partial charge in [-0.3, -0.25) is 5.43 Å². The molecule has 3 rings (SSSR count). The quantitative estimate of drug-likeness (QED) is 0.811. The first-order valence-corrected chi connectivity index (χ1v) is 5.42. The molecule has 2 aliphatic rings. The van der Waals surface area contributed by atoms with Crippen molar-refractivity contribution in [3.63, 3.8) is 0 Å². The summed E-state index contributed by atoms with van der Waals surface area (Å²) in [5, 5.41) is 13.0. The van der Waals surface area contributed by atoms with E-state index in [1.165, 1.54) is 6.07 Å². The lowest BCUT2D eigenvalue weighted by Crippen LogP contribution is -2.52. The average Bonchev–Trinajstić information content (AvgIpc) is 2.93. The first-order chi connectivity index (χ1) is 8.89. The predicted octanol–water partition coefficient (Wildman–Crippen LogP) is 1.36. The van der Waals surface area contributed by atoms with Crippen LogP contribution in [0.2, 0.25) is 0 Å². The van der Waals surface area contributed by atoms with Gasteiger partial charge in [0.05, 0.1) is 12.1 Å². The molecule has 1 aromatic rings. The molecule has 0 bridgehead atoms. The Morgan fingerprint density at radius 3 is 2.68 bits per heavy atom. The van der Waals surface area contributed by atoms with Crippen LogP contribution in [0.15, 0.2) is 23.3 Å². The molecule has 0 fully saturated rings. The Hall–Kier alpha value is -1.96. The van der Waals surface area contributed by atoms with Crippen LogP contribution in [0.25, 0.3) is 0 Å². The molecular formula is C11H9F3N2O3. The number of fused-ring (bicyclic) bond motifs is 1. The highest BCUT2D eigenvalue weighted by molar-refractivity contribution is 6.02. The number of ether oxygens (including phenoxy) is 2. The molecule has 0 spiro atoms. The van der Waals surface area contributed by atoms with Gasteiger partial charge in [-0.15, -0.1) is 0 Å². The first kappa shape index (κ1) is 12.1. The van der Waals surface area contributed by atoms with Crippen LogP contribution in [-0.2, 0) is 0 Å². The van der Waals surface area contributed by atoms with Gasteiger partial charge < -0.3 is 14.6 Å². The lowest BCUT2D eigenvalue weighted by molar-refractivity contribution is -0.266. The van der Waals surface area contributed by atoms with E-state index in [0.29, 0.717) is 17.1 Å². The molecule has 0 unspecified atom stereocenters. The van der Waals surface area contributed by atoms with E-state index in [1.807, 2.05) is 0 Å². The summed E-state index contributed by atoms with van der Waals surface area (Å²) in [6.07, 6.45) is -5.45. The number of halogens is 3. The number of aliphatic hydroxyl groups is 1. The molecule has 0 amide bonds. The van der Waals surface area contributed by atoms with Gasteiger partial charge in [0, 0.05) is 5.56 Å². The second-order valence-corrected chi connectivity index (χ2v) is 4.27. The number of benzene rings is 1. The van der Waals surface area contributed by atoms with E-state index in [0.717, 1.165) is 0 Å². The number of rotatable bonds is 1. The lowest BCUT2D eigenvalue weighted by atomic mass is 10.0. The van der Waals surface area contributed by atoms with Crippen molar-refractivity contribution >= 4 is 5.71 Å². The Bertz CT molecular complexity index is 559. The van der Waals surface area contributed by atoms with Crippen LogP contribution in [0.1, 0.15) is 12.0 Å². The van der Waals surface area contributed by atoms with Gasteiger partial charge in [0.25, 0.3) is 5.72 Å². The Kier molecular flexibility index (Phi) is 2.40. The second-order valence-electron chi connectivity index (χ2n) is 4.27. The zero-order chi connectivity index (χ0) is 13.7. The molecule has 0 radical (unpaired) electrons. The number of hydrogen-bond donors (Lipinski definition) is 2. The molecule has 1 aromatic carbocycles. The Balaban J connectivity index is 1.86. The van der Waals surface area contributed by atoms with Crippen molar-refractivity contribution in [2.75, 3.05) is 6.79 Å². The van der Waals surface area contributed by atoms with E-state index in [-0.39, 0.29) is 12.5 Å². The molecule has 0 saturated carbocycles. The van der Waals surface area contributed by atoms with E-state index in [1.54, 1.807) is 17.6 Å². The van der Waals surface area contributed by atoms with E-state index < -0.39 is 18.3 Å². The van der Waals surface area contributed by atoms with Crippen molar-refractivity contribution in [3.05, 3.63) is 23.8 Å². The molecule has 102 valence electrons. The van der Waals surface area contributed by atoms with Gasteiger partial charge in [0.15, 0.2) is 11.5 Å². The molecule has 2 aliphatic heterocycles. The van der Waals surface area contributed by atoms with Crippen LogP contribution in [-0.4, -0.2) is 29.5 Å². The summed E-state index contributed by atoms with van der Waals surface area (Å²) in [5.41, 5.74) is -0.729. The molecule has 2 N–H and O–H groups in total. The van der Waals surface area contributed by atoms with Gasteiger partial charge in [-0.05, 0) is 18.2 Å². The number of nitrogens with zero attached hydrogens (tertiary/aromatic N) is 1. The maximum atomic E-state index is 12.6. The van der Waals surface area contributed by atoms with Gasteiger partial charge >= 0.3 is 6.18 Å². The molecule has 8 heteroatoms. The summed E-state index contributed by atoms with van der Waals surface area (Å²) in [5.74, 6) is 0.976. The van der Waals surface area contributed by atoms with Crippen molar-refractivity contribution in [1.82, 2.24) is 5.43 Å². The Morgan fingerprint density at radius 2 is 2.00 bits per heavy atom. The minimum Gasteiger partial charge on any atom is -0.454 e. The topological polar surface area (TPSA) is 63.1 Å². The molecule has 0 saturated heterocycles. The highest BCUT2D eigenvalue weighted by atomic mass is 19.4. The van der Waals surface area contributed by atoms with Crippen LogP contribution in [0, 0.1) is 0 Å². The third kappa shape index (κ3) is 1.88. The highest BCUT2D eigenvalue weighted by Crippen LogP contribution is 2.37. The average molecular weight is 274 g/mol. The maximum absolute atomic E-state index is 12.6. The van der Waals surface area contributed by atoms with Gasteiger partial charge in [-0.2, -0.15) is 18.3 Å². The standard InChI is InChI=1S/C11H9F3N2O3/c12-11(13,14)10(17)4-7(15-16-10)6-1-2-8-9(3-6)19-5-18-8/h1-3,16-17H,4-5H2/t10-/m1/s1. The normalized spacial score (nSPS) is 25.2.